The molecule has 5 N–H and O–H groups in total. The van der Waals surface area contributed by atoms with Crippen LogP contribution >= 0.6 is 7.82 Å². The molecule has 18 heteroatoms. The second-order valence-corrected chi connectivity index (χ2v) is 17.5. The number of benzene rings is 3. The van der Waals surface area contributed by atoms with E-state index in [9.17, 15) is 27.0 Å². The number of carbonyl (C=O) groups excluding carboxylic acids is 2. The molecule has 3 aromatic rings. The van der Waals surface area contributed by atoms with Crippen LogP contribution in [-0.4, -0.2) is 75.0 Å². The number of phosphoric acid groups is 1. The molecule has 0 saturated heterocycles. The number of carbonyl (C=O) groups is 2. The number of alkyl halides is 1. The van der Waals surface area contributed by atoms with Crippen LogP contribution in [0, 0.1) is 0 Å². The van der Waals surface area contributed by atoms with Crippen molar-refractivity contribution in [2.45, 2.75) is 88.4 Å². The number of azo groups is 1. The Bertz CT molecular complexity index is 1900. The Morgan fingerprint density at radius 1 is 0.839 bits per heavy atom. The van der Waals surface area contributed by atoms with Crippen molar-refractivity contribution in [3.8, 4) is 5.75 Å². The number of nitrogens with zero attached hydrogens (tertiary/aromatic N) is 3. The number of halogens is 1. The summed E-state index contributed by atoms with van der Waals surface area (Å²) in [7, 11) is -4.68. The lowest BCUT2D eigenvalue weighted by Crippen LogP contribution is -2.44. The van der Waals surface area contributed by atoms with Crippen molar-refractivity contribution in [3.63, 3.8) is 0 Å². The Labute approximate surface area is 328 Å². The highest BCUT2D eigenvalue weighted by atomic mass is 32.2. The van der Waals surface area contributed by atoms with Gasteiger partial charge in [-0.25, -0.2) is 22.1 Å². The number of unbranched alkanes of at least 4 members (excludes halogenated alkanes) is 3. The zero-order valence-electron chi connectivity index (χ0n) is 32.7. The van der Waals surface area contributed by atoms with Crippen molar-refractivity contribution in [1.29, 1.82) is 0 Å². The molecule has 0 bridgehead atoms. The van der Waals surface area contributed by atoms with E-state index in [1.165, 1.54) is 36.4 Å². The van der Waals surface area contributed by atoms with Gasteiger partial charge in [-0.15, -0.1) is 0 Å². The van der Waals surface area contributed by atoms with Crippen molar-refractivity contribution in [1.82, 2.24) is 15.4 Å². The van der Waals surface area contributed by atoms with Crippen molar-refractivity contribution in [2.24, 2.45) is 10.2 Å². The molecule has 0 fully saturated rings. The van der Waals surface area contributed by atoms with Crippen LogP contribution in [0.1, 0.15) is 78.0 Å². The predicted molar refractivity (Wildman–Crippen MR) is 213 cm³/mol. The number of rotatable bonds is 23. The fraction of sp³-hybridized carbons (Fsp3) is 0.474. The summed E-state index contributed by atoms with van der Waals surface area (Å²) in [5.74, 6) is -1.14. The average molecular weight is 821 g/mol. The summed E-state index contributed by atoms with van der Waals surface area (Å²) >= 11 is 0. The van der Waals surface area contributed by atoms with Crippen molar-refractivity contribution in [2.75, 3.05) is 38.7 Å². The smallest absolute Gasteiger partial charge is 0.404 e. The lowest BCUT2D eigenvalue weighted by Gasteiger charge is -2.29. The first kappa shape index (κ1) is 46.1. The average Bonchev–Trinajstić information content (AvgIpc) is 3.10. The minimum atomic E-state index is -4.74. The second kappa shape index (κ2) is 20.8. The zero-order chi connectivity index (χ0) is 41.6. The van der Waals surface area contributed by atoms with E-state index in [4.69, 9.17) is 14.5 Å². The van der Waals surface area contributed by atoms with Crippen molar-refractivity contribution in [3.05, 3.63) is 78.4 Å². The molecule has 308 valence electrons. The molecule has 3 rings (SSSR count). The topological polar surface area (TPSA) is 208 Å². The molecular formula is C38H54FN6O9PS. The molecule has 0 aliphatic rings. The zero-order valence-corrected chi connectivity index (χ0v) is 34.4. The number of anilines is 1. The Morgan fingerprint density at radius 3 is 1.91 bits per heavy atom. The number of hydrogen-bond donors (Lipinski definition) is 5. The predicted octanol–water partition coefficient (Wildman–Crippen LogP) is 6.78. The standard InChI is InChI=1S/C38H54FN6O9PS/c1-37(2,44-56(51,52)33-21-15-30(16-22-33)43-42-29-13-17-31(18-14-29)45(5)6)23-26-53-38(3,4)27-34(46)40-24-9-7-8-10-25-41-36(47)35(39)28-11-19-32(20-12-28)54-55(48,49)50/h11-22,35,44H,7-10,23-27H2,1-6H3,(H,40,46)(H,41,47)(H2,48,49,50). The van der Waals surface area contributed by atoms with Gasteiger partial charge in [0.2, 0.25) is 22.1 Å². The molecule has 15 nitrogen and oxygen atoms in total. The maximum absolute atomic E-state index is 14.5. The first-order chi connectivity index (χ1) is 26.1. The molecule has 0 aliphatic carbocycles. The van der Waals surface area contributed by atoms with Gasteiger partial charge in [-0.2, -0.15) is 10.2 Å². The third kappa shape index (κ3) is 16.9. The number of amides is 2. The molecule has 3 aromatic carbocycles. The quantitative estimate of drug-likeness (QED) is 0.0385. The first-order valence-electron chi connectivity index (χ1n) is 18.2. The number of sulfonamides is 1. The molecule has 0 radical (unpaired) electrons. The van der Waals surface area contributed by atoms with E-state index in [-0.39, 0.29) is 41.7 Å². The normalized spacial score (nSPS) is 13.0. The van der Waals surface area contributed by atoms with E-state index >= 15 is 0 Å². The fourth-order valence-electron chi connectivity index (χ4n) is 5.30. The van der Waals surface area contributed by atoms with Gasteiger partial charge in [-0.1, -0.05) is 25.0 Å². The molecule has 0 heterocycles. The van der Waals surface area contributed by atoms with Crippen molar-refractivity contribution < 1.29 is 46.0 Å². The highest BCUT2D eigenvalue weighted by Crippen LogP contribution is 2.37. The van der Waals surface area contributed by atoms with Gasteiger partial charge in [0.25, 0.3) is 5.91 Å². The molecule has 2 amide bonds. The van der Waals surface area contributed by atoms with Gasteiger partial charge < -0.3 is 24.8 Å². The minimum absolute atomic E-state index is 0.0263. The summed E-state index contributed by atoms with van der Waals surface area (Å²) in [5, 5.41) is 13.8. The van der Waals surface area contributed by atoms with E-state index in [0.717, 1.165) is 18.5 Å². The number of ether oxygens (including phenoxy) is 1. The lowest BCUT2D eigenvalue weighted by atomic mass is 10.0. The SMILES string of the molecule is CN(C)c1ccc(N=Nc2ccc(S(=O)(=O)NC(C)(C)CCOC(C)(C)CC(=O)NCCCCCCNC(=O)C(F)c3ccc(OP(=O)(O)O)cc3)cc2)cc1. The summed E-state index contributed by atoms with van der Waals surface area (Å²) in [6.07, 6.45) is 1.37. The van der Waals surface area contributed by atoms with Crippen LogP contribution < -0.4 is 24.8 Å². The first-order valence-corrected chi connectivity index (χ1v) is 21.2. The van der Waals surface area contributed by atoms with E-state index in [1.54, 1.807) is 39.8 Å². The van der Waals surface area contributed by atoms with Crippen LogP contribution in [0.4, 0.5) is 21.5 Å². The van der Waals surface area contributed by atoms with Crippen molar-refractivity contribution >= 4 is 46.7 Å². The Morgan fingerprint density at radius 2 is 1.38 bits per heavy atom. The summed E-state index contributed by atoms with van der Waals surface area (Å²) in [4.78, 5) is 44.5. The van der Waals surface area contributed by atoms with Gasteiger partial charge in [0.1, 0.15) is 5.75 Å². The maximum Gasteiger partial charge on any atom is 0.524 e. The fourth-order valence-corrected chi connectivity index (χ4v) is 7.14. The molecule has 1 atom stereocenters. The van der Waals surface area contributed by atoms with Crippen LogP contribution in [0.5, 0.6) is 5.75 Å². The van der Waals surface area contributed by atoms with E-state index in [2.05, 4.69) is 30.1 Å². The molecule has 0 saturated carbocycles. The molecule has 1 unspecified atom stereocenters. The molecular weight excluding hydrogens is 766 g/mol. The van der Waals surface area contributed by atoms with Crippen LogP contribution in [0.25, 0.3) is 0 Å². The van der Waals surface area contributed by atoms with Crippen LogP contribution in [0.15, 0.2) is 87.9 Å². The summed E-state index contributed by atoms with van der Waals surface area (Å²) in [6, 6.07) is 18.5. The van der Waals surface area contributed by atoms with Gasteiger partial charge in [0, 0.05) is 45.0 Å². The highest BCUT2D eigenvalue weighted by molar-refractivity contribution is 7.89. The third-order valence-electron chi connectivity index (χ3n) is 8.36. The highest BCUT2D eigenvalue weighted by Gasteiger charge is 2.29. The summed E-state index contributed by atoms with van der Waals surface area (Å²) < 4.78 is 64.9. The van der Waals surface area contributed by atoms with E-state index in [0.29, 0.717) is 37.2 Å². The summed E-state index contributed by atoms with van der Waals surface area (Å²) in [6.45, 7) is 8.07. The van der Waals surface area contributed by atoms with Gasteiger partial charge in [-0.05, 0) is 113 Å². The molecule has 56 heavy (non-hydrogen) atoms. The number of nitrogens with one attached hydrogen (secondary N) is 3. The Hall–Kier alpha value is -4.25. The molecule has 0 aliphatic heterocycles. The molecule has 0 aromatic heterocycles. The van der Waals surface area contributed by atoms with Gasteiger partial charge >= 0.3 is 7.82 Å². The second-order valence-electron chi connectivity index (χ2n) is 14.7. The number of hydrogen-bond acceptors (Lipinski definition) is 10. The van der Waals surface area contributed by atoms with E-state index < -0.39 is 41.1 Å². The minimum Gasteiger partial charge on any atom is -0.404 e. The third-order valence-corrected chi connectivity index (χ3v) is 10.5. The number of phosphoric ester groups is 1. The maximum atomic E-state index is 14.5. The van der Waals surface area contributed by atoms with Crippen LogP contribution in [0.2, 0.25) is 0 Å². The Balaban J connectivity index is 1.29. The van der Waals surface area contributed by atoms with Gasteiger partial charge in [-0.3, -0.25) is 19.4 Å². The van der Waals surface area contributed by atoms with Crippen LogP contribution in [0.3, 0.4) is 0 Å². The summed E-state index contributed by atoms with van der Waals surface area (Å²) in [5.41, 5.74) is 0.620. The van der Waals surface area contributed by atoms with E-state index in [1.807, 2.05) is 43.3 Å². The lowest BCUT2D eigenvalue weighted by molar-refractivity contribution is -0.128. The van der Waals surface area contributed by atoms with Crippen LogP contribution in [-0.2, 0) is 28.9 Å². The van der Waals surface area contributed by atoms with Gasteiger partial charge in [0.05, 0.1) is 28.3 Å². The monoisotopic (exact) mass is 820 g/mol. The largest absolute Gasteiger partial charge is 0.524 e. The van der Waals surface area contributed by atoms with Gasteiger partial charge in [0.15, 0.2) is 0 Å². The molecule has 0 spiro atoms. The Kier molecular flexibility index (Phi) is 17.1.